The van der Waals surface area contributed by atoms with Gasteiger partial charge in [0.1, 0.15) is 11.4 Å². The lowest BCUT2D eigenvalue weighted by Crippen LogP contribution is -2.56. The molecule has 0 unspecified atom stereocenters. The van der Waals surface area contributed by atoms with E-state index in [2.05, 4.69) is 4.72 Å². The molecule has 2 rings (SSSR count). The molecule has 1 amide bonds. The van der Waals surface area contributed by atoms with Crippen LogP contribution in [0.2, 0.25) is 5.02 Å². The van der Waals surface area contributed by atoms with E-state index >= 15 is 0 Å². The van der Waals surface area contributed by atoms with Crippen molar-refractivity contribution in [1.82, 2.24) is 9.62 Å². The summed E-state index contributed by atoms with van der Waals surface area (Å²) in [6, 6.07) is 2.62. The number of fused-ring (bicyclic) bond motifs is 1. The van der Waals surface area contributed by atoms with Gasteiger partial charge >= 0.3 is 0 Å². The van der Waals surface area contributed by atoms with Gasteiger partial charge in [0.15, 0.2) is 0 Å². The summed E-state index contributed by atoms with van der Waals surface area (Å²) in [5.41, 5.74) is 0.225. The van der Waals surface area contributed by atoms with Gasteiger partial charge in [0.2, 0.25) is 15.9 Å². The minimum absolute atomic E-state index is 0.209. The summed E-state index contributed by atoms with van der Waals surface area (Å²) in [5, 5.41) is 0.357. The van der Waals surface area contributed by atoms with Crippen LogP contribution in [0.15, 0.2) is 12.1 Å². The van der Waals surface area contributed by atoms with Crippen LogP contribution in [0.3, 0.4) is 0 Å². The van der Waals surface area contributed by atoms with Crippen molar-refractivity contribution < 1.29 is 17.6 Å². The number of amides is 1. The maximum atomic E-state index is 13.5. The molecule has 1 aliphatic rings. The van der Waals surface area contributed by atoms with Crippen LogP contribution >= 0.6 is 11.6 Å². The average molecular weight is 349 g/mol. The van der Waals surface area contributed by atoms with Crippen LogP contribution in [0.25, 0.3) is 0 Å². The largest absolute Gasteiger partial charge is 0.336 e. The van der Waals surface area contributed by atoms with Crippen molar-refractivity contribution in [3.8, 4) is 0 Å². The van der Waals surface area contributed by atoms with E-state index in [4.69, 9.17) is 11.6 Å². The Hall–Kier alpha value is -1.18. The highest BCUT2D eigenvalue weighted by molar-refractivity contribution is 7.88. The number of hydrogen-bond donors (Lipinski definition) is 1. The van der Waals surface area contributed by atoms with Crippen molar-refractivity contribution in [2.45, 2.75) is 32.4 Å². The lowest BCUT2D eigenvalue weighted by atomic mass is 9.97. The van der Waals surface area contributed by atoms with Crippen LogP contribution in [0.4, 0.5) is 4.39 Å². The predicted octanol–water partition coefficient (Wildman–Crippen LogP) is 1.69. The zero-order valence-electron chi connectivity index (χ0n) is 12.6. The first kappa shape index (κ1) is 17.2. The predicted molar refractivity (Wildman–Crippen MR) is 82.6 cm³/mol. The van der Waals surface area contributed by atoms with Crippen molar-refractivity contribution in [3.63, 3.8) is 0 Å². The first-order chi connectivity index (χ1) is 9.99. The van der Waals surface area contributed by atoms with Crippen molar-refractivity contribution in [1.29, 1.82) is 0 Å². The van der Waals surface area contributed by atoms with Gasteiger partial charge in [-0.05, 0) is 43.5 Å². The Balaban J connectivity index is 2.23. The van der Waals surface area contributed by atoms with Gasteiger partial charge in [-0.1, -0.05) is 11.6 Å². The molecule has 1 N–H and O–H groups in total. The Bertz CT molecular complexity index is 719. The molecule has 1 aliphatic heterocycles. The van der Waals surface area contributed by atoms with E-state index in [0.29, 0.717) is 23.6 Å². The summed E-state index contributed by atoms with van der Waals surface area (Å²) < 4.78 is 38.5. The van der Waals surface area contributed by atoms with E-state index < -0.39 is 21.4 Å². The molecule has 0 bridgehead atoms. The number of carbonyl (C=O) groups is 1. The van der Waals surface area contributed by atoms with E-state index in [0.717, 1.165) is 11.8 Å². The Labute approximate surface area is 134 Å². The molecule has 0 saturated carbocycles. The molecule has 1 aromatic rings. The van der Waals surface area contributed by atoms with Crippen molar-refractivity contribution in [2.75, 3.05) is 12.8 Å². The quantitative estimate of drug-likeness (QED) is 0.904. The van der Waals surface area contributed by atoms with Crippen LogP contribution in [0.5, 0.6) is 0 Å². The number of carbonyl (C=O) groups excluding carboxylic acids is 1. The summed E-state index contributed by atoms with van der Waals surface area (Å²) in [7, 11) is -3.52. The molecule has 0 aromatic heterocycles. The molecule has 0 aliphatic carbocycles. The van der Waals surface area contributed by atoms with E-state index in [1.54, 1.807) is 0 Å². The molecule has 0 radical (unpaired) electrons. The fourth-order valence-corrected chi connectivity index (χ4v) is 4.02. The molecule has 1 aromatic carbocycles. The third kappa shape index (κ3) is 3.77. The third-order valence-electron chi connectivity index (χ3n) is 3.51. The standard InChI is InChI=1S/C14H18ClFN2O3S/c1-14(2,17-22(3,20)21)13(19)18-5-4-11-9(8-18)6-10(16)7-12(11)15/h6-7,17H,4-5,8H2,1-3H3. The molecule has 0 atom stereocenters. The minimum Gasteiger partial charge on any atom is -0.336 e. The van der Waals surface area contributed by atoms with Crippen molar-refractivity contribution in [2.24, 2.45) is 0 Å². The van der Waals surface area contributed by atoms with Gasteiger partial charge in [-0.25, -0.2) is 17.5 Å². The zero-order valence-corrected chi connectivity index (χ0v) is 14.2. The van der Waals surface area contributed by atoms with E-state index in [-0.39, 0.29) is 12.5 Å². The normalized spacial score (nSPS) is 15.6. The molecular formula is C14H18ClFN2O3S. The van der Waals surface area contributed by atoms with Crippen LogP contribution in [-0.4, -0.2) is 37.6 Å². The van der Waals surface area contributed by atoms with E-state index in [1.807, 2.05) is 0 Å². The van der Waals surface area contributed by atoms with Gasteiger partial charge in [-0.3, -0.25) is 4.79 Å². The maximum absolute atomic E-state index is 13.5. The monoisotopic (exact) mass is 348 g/mol. The van der Waals surface area contributed by atoms with Gasteiger partial charge in [-0.15, -0.1) is 0 Å². The molecular weight excluding hydrogens is 331 g/mol. The molecule has 122 valence electrons. The summed E-state index contributed by atoms with van der Waals surface area (Å²) in [5.74, 6) is -0.810. The second-order valence-corrected chi connectivity index (χ2v) is 8.16. The van der Waals surface area contributed by atoms with Gasteiger partial charge in [0, 0.05) is 18.1 Å². The number of nitrogens with one attached hydrogen (secondary N) is 1. The first-order valence-corrected chi connectivity index (χ1v) is 9.02. The molecule has 0 spiro atoms. The topological polar surface area (TPSA) is 66.5 Å². The average Bonchev–Trinajstić information content (AvgIpc) is 2.33. The fourth-order valence-electron chi connectivity index (χ4n) is 2.69. The van der Waals surface area contributed by atoms with Crippen molar-refractivity contribution in [3.05, 3.63) is 34.1 Å². The van der Waals surface area contributed by atoms with Crippen molar-refractivity contribution >= 4 is 27.5 Å². The highest BCUT2D eigenvalue weighted by Crippen LogP contribution is 2.28. The lowest BCUT2D eigenvalue weighted by Gasteiger charge is -2.35. The number of benzene rings is 1. The van der Waals surface area contributed by atoms with Crippen LogP contribution in [-0.2, 0) is 27.8 Å². The summed E-state index contributed by atoms with van der Waals surface area (Å²) >= 11 is 6.02. The Morgan fingerprint density at radius 1 is 1.41 bits per heavy atom. The molecule has 22 heavy (non-hydrogen) atoms. The molecule has 1 heterocycles. The third-order valence-corrected chi connectivity index (χ3v) is 4.73. The fraction of sp³-hybridized carbons (Fsp3) is 0.500. The summed E-state index contributed by atoms with van der Waals surface area (Å²) in [6.45, 7) is 3.63. The van der Waals surface area contributed by atoms with Crippen LogP contribution in [0, 0.1) is 5.82 Å². The summed E-state index contributed by atoms with van der Waals surface area (Å²) in [6.07, 6.45) is 1.51. The second kappa shape index (κ2) is 5.79. The van der Waals surface area contributed by atoms with Gasteiger partial charge in [-0.2, -0.15) is 0 Å². The molecule has 0 saturated heterocycles. The number of halogens is 2. The summed E-state index contributed by atoms with van der Waals surface area (Å²) in [4.78, 5) is 14.1. The SMILES string of the molecule is CC(C)(NS(C)(=O)=O)C(=O)N1CCc2c(Cl)cc(F)cc2C1. The number of rotatable bonds is 3. The Kier molecular flexibility index (Phi) is 4.52. The molecule has 5 nitrogen and oxygen atoms in total. The highest BCUT2D eigenvalue weighted by atomic mass is 35.5. The minimum atomic E-state index is -3.52. The smallest absolute Gasteiger partial charge is 0.243 e. The van der Waals surface area contributed by atoms with E-state index in [1.165, 1.54) is 30.9 Å². The van der Waals surface area contributed by atoms with Gasteiger partial charge in [0.25, 0.3) is 0 Å². The number of sulfonamides is 1. The number of nitrogens with zero attached hydrogens (tertiary/aromatic N) is 1. The van der Waals surface area contributed by atoms with E-state index in [9.17, 15) is 17.6 Å². The van der Waals surface area contributed by atoms with Crippen LogP contribution in [0.1, 0.15) is 25.0 Å². The highest BCUT2D eigenvalue weighted by Gasteiger charge is 2.36. The Morgan fingerprint density at radius 2 is 2.05 bits per heavy atom. The molecule has 0 fully saturated rings. The Morgan fingerprint density at radius 3 is 2.64 bits per heavy atom. The van der Waals surface area contributed by atoms with Crippen LogP contribution < -0.4 is 4.72 Å². The second-order valence-electron chi connectivity index (χ2n) is 6.00. The van der Waals surface area contributed by atoms with Gasteiger partial charge < -0.3 is 4.90 Å². The maximum Gasteiger partial charge on any atom is 0.243 e. The number of hydrogen-bond acceptors (Lipinski definition) is 3. The van der Waals surface area contributed by atoms with Gasteiger partial charge in [0.05, 0.1) is 6.26 Å². The first-order valence-electron chi connectivity index (χ1n) is 6.75. The lowest BCUT2D eigenvalue weighted by molar-refractivity contribution is -0.137. The molecule has 8 heteroatoms. The zero-order chi connectivity index (χ0) is 16.7.